The highest BCUT2D eigenvalue weighted by molar-refractivity contribution is 5.80. The third-order valence-electron chi connectivity index (χ3n) is 2.09. The summed E-state index contributed by atoms with van der Waals surface area (Å²) in [6.45, 7) is 2.86. The van der Waals surface area contributed by atoms with Crippen molar-refractivity contribution in [2.24, 2.45) is 0 Å². The molecule has 6 heteroatoms. The van der Waals surface area contributed by atoms with Crippen LogP contribution in [0.2, 0.25) is 0 Å². The molecule has 1 aromatic rings. The first kappa shape index (κ1) is 13.1. The van der Waals surface area contributed by atoms with Crippen molar-refractivity contribution in [2.45, 2.75) is 13.3 Å². The number of hydrogen-bond donors (Lipinski definition) is 3. The first-order valence-electron chi connectivity index (χ1n) is 5.48. The van der Waals surface area contributed by atoms with Crippen LogP contribution in [0.1, 0.15) is 13.3 Å². The second-order valence-corrected chi connectivity index (χ2v) is 3.50. The maximum Gasteiger partial charge on any atom is 0.239 e. The molecule has 1 aromatic heterocycles. The number of pyridine rings is 1. The molecule has 1 rings (SSSR count). The van der Waals surface area contributed by atoms with E-state index in [0.717, 1.165) is 6.42 Å². The van der Waals surface area contributed by atoms with Crippen LogP contribution in [0.25, 0.3) is 0 Å². The molecule has 17 heavy (non-hydrogen) atoms. The van der Waals surface area contributed by atoms with Crippen LogP contribution in [0, 0.1) is 0 Å². The van der Waals surface area contributed by atoms with Gasteiger partial charge in [0.05, 0.1) is 19.3 Å². The molecule has 1 amide bonds. The molecule has 6 nitrogen and oxygen atoms in total. The lowest BCUT2D eigenvalue weighted by atomic mass is 10.4. The lowest BCUT2D eigenvalue weighted by Crippen LogP contribution is -2.30. The first-order valence-corrected chi connectivity index (χ1v) is 5.48. The number of nitrogen functional groups attached to an aromatic ring is 1. The number of carbonyl (C=O) groups excluding carboxylic acids is 1. The van der Waals surface area contributed by atoms with Gasteiger partial charge < -0.3 is 21.1 Å². The summed E-state index contributed by atoms with van der Waals surface area (Å²) in [6, 6.07) is 3.38. The lowest BCUT2D eigenvalue weighted by molar-refractivity contribution is -0.119. The molecule has 1 heterocycles. The van der Waals surface area contributed by atoms with Gasteiger partial charge in [-0.3, -0.25) is 4.79 Å². The molecule has 0 aliphatic carbocycles. The summed E-state index contributed by atoms with van der Waals surface area (Å²) in [5, 5.41) is 5.65. The van der Waals surface area contributed by atoms with E-state index >= 15 is 0 Å². The molecule has 0 unspecified atom stereocenters. The second-order valence-electron chi connectivity index (χ2n) is 3.50. The predicted octanol–water partition coefficient (Wildman–Crippen LogP) is 0.610. The number of hydrogen-bond acceptors (Lipinski definition) is 5. The highest BCUT2D eigenvalue weighted by Gasteiger charge is 2.04. The van der Waals surface area contributed by atoms with E-state index in [4.69, 9.17) is 10.5 Å². The second kappa shape index (κ2) is 6.57. The molecule has 94 valence electrons. The molecule has 0 aromatic carbocycles. The number of amides is 1. The fourth-order valence-corrected chi connectivity index (χ4v) is 1.21. The lowest BCUT2D eigenvalue weighted by Gasteiger charge is -2.08. The molecule has 0 radical (unpaired) electrons. The van der Waals surface area contributed by atoms with E-state index < -0.39 is 0 Å². The van der Waals surface area contributed by atoms with E-state index in [1.807, 2.05) is 6.92 Å². The van der Waals surface area contributed by atoms with Crippen LogP contribution >= 0.6 is 0 Å². The van der Waals surface area contributed by atoms with Gasteiger partial charge in [-0.15, -0.1) is 0 Å². The third-order valence-corrected chi connectivity index (χ3v) is 2.09. The van der Waals surface area contributed by atoms with Gasteiger partial charge in [-0.05, 0) is 18.6 Å². The quantitative estimate of drug-likeness (QED) is 0.675. The summed E-state index contributed by atoms with van der Waals surface area (Å²) in [7, 11) is 1.50. The van der Waals surface area contributed by atoms with Gasteiger partial charge in [0.2, 0.25) is 11.8 Å². The van der Waals surface area contributed by atoms with Gasteiger partial charge in [0.15, 0.2) is 0 Å². The van der Waals surface area contributed by atoms with Crippen molar-refractivity contribution in [2.75, 3.05) is 31.2 Å². The summed E-state index contributed by atoms with van der Waals surface area (Å²) >= 11 is 0. The monoisotopic (exact) mass is 238 g/mol. The van der Waals surface area contributed by atoms with Crippen LogP contribution in [0.3, 0.4) is 0 Å². The van der Waals surface area contributed by atoms with Crippen LogP contribution in [0.5, 0.6) is 5.88 Å². The fourth-order valence-electron chi connectivity index (χ4n) is 1.21. The zero-order valence-corrected chi connectivity index (χ0v) is 10.1. The Morgan fingerprint density at radius 2 is 2.29 bits per heavy atom. The van der Waals surface area contributed by atoms with Crippen LogP contribution in [-0.4, -0.2) is 31.1 Å². The van der Waals surface area contributed by atoms with Gasteiger partial charge in [0, 0.05) is 6.54 Å². The standard InChI is InChI=1S/C11H18N4O2/c1-3-6-13-10(16)7-14-9-5-4-8(12)11(15-9)17-2/h4-5H,3,6-7,12H2,1-2H3,(H,13,16)(H,14,15). The van der Waals surface area contributed by atoms with Crippen molar-refractivity contribution in [3.63, 3.8) is 0 Å². The summed E-state index contributed by atoms with van der Waals surface area (Å²) in [5.41, 5.74) is 6.09. The fraction of sp³-hybridized carbons (Fsp3) is 0.455. The van der Waals surface area contributed by atoms with E-state index in [0.29, 0.717) is 23.9 Å². The summed E-state index contributed by atoms with van der Waals surface area (Å²) < 4.78 is 4.98. The van der Waals surface area contributed by atoms with E-state index in [2.05, 4.69) is 15.6 Å². The molecule has 0 saturated heterocycles. The average molecular weight is 238 g/mol. The third kappa shape index (κ3) is 4.18. The maximum absolute atomic E-state index is 11.3. The van der Waals surface area contributed by atoms with E-state index in [9.17, 15) is 4.79 Å². The summed E-state index contributed by atoms with van der Waals surface area (Å²) in [6.07, 6.45) is 0.916. The van der Waals surface area contributed by atoms with Crippen LogP contribution in [0.15, 0.2) is 12.1 Å². The highest BCUT2D eigenvalue weighted by Crippen LogP contribution is 2.19. The normalized spacial score (nSPS) is 9.76. The number of ether oxygens (including phenoxy) is 1. The number of nitrogens with zero attached hydrogens (tertiary/aromatic N) is 1. The highest BCUT2D eigenvalue weighted by atomic mass is 16.5. The predicted molar refractivity (Wildman–Crippen MR) is 67.0 cm³/mol. The van der Waals surface area contributed by atoms with Crippen LogP contribution in [0.4, 0.5) is 11.5 Å². The Labute approximate surface area is 101 Å². The van der Waals surface area contributed by atoms with E-state index in [1.54, 1.807) is 12.1 Å². The number of rotatable bonds is 6. The number of carbonyl (C=O) groups is 1. The Hall–Kier alpha value is -1.98. The topological polar surface area (TPSA) is 89.3 Å². The van der Waals surface area contributed by atoms with Gasteiger partial charge in [-0.2, -0.15) is 4.98 Å². The molecule has 0 saturated carbocycles. The van der Waals surface area contributed by atoms with Crippen LogP contribution in [-0.2, 0) is 4.79 Å². The van der Waals surface area contributed by atoms with Gasteiger partial charge in [0.1, 0.15) is 5.82 Å². The Balaban J connectivity index is 2.49. The SMILES string of the molecule is CCCNC(=O)CNc1ccc(N)c(OC)n1. The molecule has 0 atom stereocenters. The first-order chi connectivity index (χ1) is 8.17. The zero-order valence-electron chi connectivity index (χ0n) is 10.1. The minimum Gasteiger partial charge on any atom is -0.479 e. The largest absolute Gasteiger partial charge is 0.479 e. The number of anilines is 2. The maximum atomic E-state index is 11.3. The molecular formula is C11H18N4O2. The van der Waals surface area contributed by atoms with E-state index in [-0.39, 0.29) is 12.5 Å². The van der Waals surface area contributed by atoms with Crippen molar-refractivity contribution in [3.05, 3.63) is 12.1 Å². The Morgan fingerprint density at radius 3 is 2.94 bits per heavy atom. The number of nitrogens with one attached hydrogen (secondary N) is 2. The minimum atomic E-state index is -0.0653. The van der Waals surface area contributed by atoms with Crippen molar-refractivity contribution < 1.29 is 9.53 Å². The minimum absolute atomic E-state index is 0.0653. The Bertz CT molecular complexity index is 382. The van der Waals surface area contributed by atoms with Gasteiger partial charge in [0.25, 0.3) is 0 Å². The number of aromatic nitrogens is 1. The smallest absolute Gasteiger partial charge is 0.239 e. The summed E-state index contributed by atoms with van der Waals surface area (Å²) in [4.78, 5) is 15.4. The Kier molecular flexibility index (Phi) is 5.06. The zero-order chi connectivity index (χ0) is 12.7. The average Bonchev–Trinajstić information content (AvgIpc) is 2.35. The molecule has 0 aliphatic rings. The van der Waals surface area contributed by atoms with Crippen LogP contribution < -0.4 is 21.1 Å². The molecule has 0 fully saturated rings. The molecule has 0 bridgehead atoms. The van der Waals surface area contributed by atoms with Gasteiger partial charge in [-0.25, -0.2) is 0 Å². The van der Waals surface area contributed by atoms with Crippen molar-refractivity contribution in [3.8, 4) is 5.88 Å². The summed E-state index contributed by atoms with van der Waals surface area (Å²) in [5.74, 6) is 0.844. The number of methoxy groups -OCH3 is 1. The molecule has 0 spiro atoms. The van der Waals surface area contributed by atoms with Gasteiger partial charge in [-0.1, -0.05) is 6.92 Å². The molecule has 0 aliphatic heterocycles. The Morgan fingerprint density at radius 1 is 1.53 bits per heavy atom. The van der Waals surface area contributed by atoms with Crippen molar-refractivity contribution in [1.82, 2.24) is 10.3 Å². The van der Waals surface area contributed by atoms with E-state index in [1.165, 1.54) is 7.11 Å². The van der Waals surface area contributed by atoms with Crippen molar-refractivity contribution >= 4 is 17.4 Å². The van der Waals surface area contributed by atoms with Crippen molar-refractivity contribution in [1.29, 1.82) is 0 Å². The molecule has 4 N–H and O–H groups in total. The molecular weight excluding hydrogens is 220 g/mol. The van der Waals surface area contributed by atoms with Gasteiger partial charge >= 0.3 is 0 Å². The number of nitrogens with two attached hydrogens (primary N) is 1.